The number of anilines is 1. The lowest BCUT2D eigenvalue weighted by atomic mass is 10.1. The molecule has 0 fully saturated rings. The van der Waals surface area contributed by atoms with E-state index in [-0.39, 0.29) is 43.4 Å². The molecule has 3 N–H and O–H groups in total. The number of nitrogens with zero attached hydrogens (tertiary/aromatic N) is 1. The molecule has 3 amide bonds. The fourth-order valence-electron chi connectivity index (χ4n) is 2.85. The predicted molar refractivity (Wildman–Crippen MR) is 108 cm³/mol. The lowest BCUT2D eigenvalue weighted by Gasteiger charge is -2.20. The van der Waals surface area contributed by atoms with Gasteiger partial charge in [0.25, 0.3) is 0 Å². The molecule has 1 aromatic carbocycles. The van der Waals surface area contributed by atoms with Crippen molar-refractivity contribution in [1.29, 1.82) is 0 Å². The van der Waals surface area contributed by atoms with Crippen LogP contribution >= 0.6 is 0 Å². The molecule has 0 heterocycles. The summed E-state index contributed by atoms with van der Waals surface area (Å²) in [6, 6.07) is 4.06. The average Bonchev–Trinajstić information content (AvgIpc) is 2.54. The van der Waals surface area contributed by atoms with Crippen LogP contribution in [-0.2, 0) is 14.4 Å². The third-order valence-electron chi connectivity index (χ3n) is 4.02. The first-order valence-corrected chi connectivity index (χ1v) is 9.28. The van der Waals surface area contributed by atoms with E-state index in [1.165, 1.54) is 0 Å². The van der Waals surface area contributed by atoms with Gasteiger partial charge in [-0.2, -0.15) is 0 Å². The van der Waals surface area contributed by atoms with Crippen molar-refractivity contribution in [2.75, 3.05) is 31.5 Å². The number of aryl methyl sites for hydroxylation is 3. The summed E-state index contributed by atoms with van der Waals surface area (Å²) >= 11 is 0. The monoisotopic (exact) mass is 376 g/mol. The van der Waals surface area contributed by atoms with Gasteiger partial charge in [0.05, 0.1) is 19.6 Å². The highest BCUT2D eigenvalue weighted by molar-refractivity contribution is 5.96. The van der Waals surface area contributed by atoms with Crippen LogP contribution in [0.2, 0.25) is 0 Å². The van der Waals surface area contributed by atoms with Gasteiger partial charge < -0.3 is 16.0 Å². The molecule has 0 saturated heterocycles. The predicted octanol–water partition coefficient (Wildman–Crippen LogP) is 1.51. The second kappa shape index (κ2) is 10.7. The zero-order chi connectivity index (χ0) is 20.6. The molecular formula is C20H32N4O3. The molecule has 7 nitrogen and oxygen atoms in total. The number of hydrogen-bond donors (Lipinski definition) is 3. The second-order valence-corrected chi connectivity index (χ2v) is 7.12. The molecule has 0 aliphatic rings. The number of rotatable bonds is 9. The zero-order valence-electron chi connectivity index (χ0n) is 17.2. The Hall–Kier alpha value is -2.41. The minimum absolute atomic E-state index is 0.0578. The molecule has 0 aliphatic carbocycles. The number of carbonyl (C=O) groups excluding carboxylic acids is 3. The first kappa shape index (κ1) is 22.6. The lowest BCUT2D eigenvalue weighted by Crippen LogP contribution is -2.45. The number of amides is 3. The van der Waals surface area contributed by atoms with Gasteiger partial charge >= 0.3 is 0 Å². The lowest BCUT2D eigenvalue weighted by molar-refractivity contribution is -0.127. The van der Waals surface area contributed by atoms with E-state index in [1.807, 2.05) is 53.7 Å². The van der Waals surface area contributed by atoms with Crippen molar-refractivity contribution in [3.63, 3.8) is 0 Å². The van der Waals surface area contributed by atoms with Crippen LogP contribution in [0.15, 0.2) is 12.1 Å². The van der Waals surface area contributed by atoms with Crippen LogP contribution in [0.4, 0.5) is 5.69 Å². The first-order chi connectivity index (χ1) is 12.6. The topological polar surface area (TPSA) is 90.5 Å². The van der Waals surface area contributed by atoms with E-state index in [4.69, 9.17) is 0 Å². The molecule has 0 spiro atoms. The number of benzene rings is 1. The average molecular weight is 377 g/mol. The maximum absolute atomic E-state index is 12.2. The van der Waals surface area contributed by atoms with Crippen LogP contribution in [0.25, 0.3) is 0 Å². The van der Waals surface area contributed by atoms with Crippen molar-refractivity contribution in [2.24, 2.45) is 0 Å². The van der Waals surface area contributed by atoms with E-state index < -0.39 is 0 Å². The van der Waals surface area contributed by atoms with Crippen molar-refractivity contribution in [3.05, 3.63) is 28.8 Å². The van der Waals surface area contributed by atoms with Crippen molar-refractivity contribution >= 4 is 23.4 Å². The molecule has 1 aromatic rings. The van der Waals surface area contributed by atoms with Gasteiger partial charge in [-0.25, -0.2) is 0 Å². The van der Waals surface area contributed by atoms with Gasteiger partial charge in [0, 0.05) is 11.7 Å². The minimum Gasteiger partial charge on any atom is -0.353 e. The Bertz CT molecular complexity index is 663. The summed E-state index contributed by atoms with van der Waals surface area (Å²) in [6.07, 6.45) is 0. The van der Waals surface area contributed by atoms with Gasteiger partial charge in [0.15, 0.2) is 0 Å². The first-order valence-electron chi connectivity index (χ1n) is 9.28. The number of hydrogen-bond acceptors (Lipinski definition) is 4. The smallest absolute Gasteiger partial charge is 0.243 e. The molecule has 7 heteroatoms. The molecule has 0 bridgehead atoms. The second-order valence-electron chi connectivity index (χ2n) is 7.12. The molecule has 0 aliphatic heterocycles. The molecule has 0 saturated carbocycles. The summed E-state index contributed by atoms with van der Waals surface area (Å²) in [7, 11) is 0. The summed E-state index contributed by atoms with van der Waals surface area (Å²) in [5.41, 5.74) is 3.89. The highest BCUT2D eigenvalue weighted by Gasteiger charge is 2.15. The van der Waals surface area contributed by atoms with Crippen LogP contribution in [0.1, 0.15) is 37.5 Å². The maximum atomic E-state index is 12.2. The van der Waals surface area contributed by atoms with E-state index in [0.717, 1.165) is 22.4 Å². The van der Waals surface area contributed by atoms with Gasteiger partial charge in [0.2, 0.25) is 17.7 Å². The van der Waals surface area contributed by atoms with Gasteiger partial charge in [-0.15, -0.1) is 0 Å². The number of carbonyl (C=O) groups is 3. The fourth-order valence-corrected chi connectivity index (χ4v) is 2.85. The number of likely N-dealkylation sites (N-methyl/N-ethyl adjacent to an activating group) is 1. The van der Waals surface area contributed by atoms with Gasteiger partial charge in [0.1, 0.15) is 0 Å². The quantitative estimate of drug-likeness (QED) is 0.609. The standard InChI is InChI=1S/C20H32N4O3/c1-7-24(12-19(27)22-13(2)3)11-18(26)21-10-17(25)23-20-15(5)8-14(4)9-16(20)6/h8-9,13H,7,10-12H2,1-6H3,(H,21,26)(H,22,27)(H,23,25). The summed E-state index contributed by atoms with van der Waals surface area (Å²) in [4.78, 5) is 37.8. The third kappa shape index (κ3) is 8.21. The molecule has 0 aromatic heterocycles. The summed E-state index contributed by atoms with van der Waals surface area (Å²) in [6.45, 7) is 12.2. The van der Waals surface area contributed by atoms with Crippen molar-refractivity contribution in [1.82, 2.24) is 15.5 Å². The van der Waals surface area contributed by atoms with E-state index in [1.54, 1.807) is 4.90 Å². The van der Waals surface area contributed by atoms with Crippen molar-refractivity contribution in [2.45, 2.75) is 47.6 Å². The number of nitrogens with one attached hydrogen (secondary N) is 3. The van der Waals surface area contributed by atoms with E-state index >= 15 is 0 Å². The molecule has 0 radical (unpaired) electrons. The highest BCUT2D eigenvalue weighted by atomic mass is 16.2. The Morgan fingerprint density at radius 1 is 0.963 bits per heavy atom. The zero-order valence-corrected chi connectivity index (χ0v) is 17.2. The van der Waals surface area contributed by atoms with E-state index in [2.05, 4.69) is 16.0 Å². The van der Waals surface area contributed by atoms with Crippen molar-refractivity contribution in [3.8, 4) is 0 Å². The molecule has 27 heavy (non-hydrogen) atoms. The van der Waals surface area contributed by atoms with Gasteiger partial charge in [-0.1, -0.05) is 24.6 Å². The molecular weight excluding hydrogens is 344 g/mol. The third-order valence-corrected chi connectivity index (χ3v) is 4.02. The summed E-state index contributed by atoms with van der Waals surface area (Å²) in [5, 5.41) is 8.25. The highest BCUT2D eigenvalue weighted by Crippen LogP contribution is 2.21. The SMILES string of the molecule is CCN(CC(=O)NCC(=O)Nc1c(C)cc(C)cc1C)CC(=O)NC(C)C. The van der Waals surface area contributed by atoms with Crippen LogP contribution in [0.5, 0.6) is 0 Å². The maximum Gasteiger partial charge on any atom is 0.243 e. The van der Waals surface area contributed by atoms with Gasteiger partial charge in [-0.3, -0.25) is 19.3 Å². The Morgan fingerprint density at radius 2 is 1.52 bits per heavy atom. The van der Waals surface area contributed by atoms with Crippen LogP contribution in [-0.4, -0.2) is 54.8 Å². The summed E-state index contributed by atoms with van der Waals surface area (Å²) < 4.78 is 0. The van der Waals surface area contributed by atoms with Crippen molar-refractivity contribution < 1.29 is 14.4 Å². The fraction of sp³-hybridized carbons (Fsp3) is 0.550. The Morgan fingerprint density at radius 3 is 2.04 bits per heavy atom. The van der Waals surface area contributed by atoms with Crippen LogP contribution in [0.3, 0.4) is 0 Å². The van der Waals surface area contributed by atoms with Gasteiger partial charge in [-0.05, 0) is 52.3 Å². The summed E-state index contributed by atoms with van der Waals surface area (Å²) in [5.74, 6) is -0.691. The van der Waals surface area contributed by atoms with Crippen LogP contribution in [0, 0.1) is 20.8 Å². The molecule has 1 rings (SSSR count). The molecule has 0 unspecified atom stereocenters. The van der Waals surface area contributed by atoms with E-state index in [0.29, 0.717) is 6.54 Å². The van der Waals surface area contributed by atoms with E-state index in [9.17, 15) is 14.4 Å². The molecule has 0 atom stereocenters. The normalized spacial score (nSPS) is 10.8. The Kier molecular flexibility index (Phi) is 8.94. The Balaban J connectivity index is 2.49. The minimum atomic E-state index is -0.290. The Labute approximate surface area is 161 Å². The largest absolute Gasteiger partial charge is 0.353 e. The molecule has 150 valence electrons. The van der Waals surface area contributed by atoms with Crippen LogP contribution < -0.4 is 16.0 Å².